The first-order valence-electron chi connectivity index (χ1n) is 9.33. The molecule has 1 saturated carbocycles. The molecule has 2 atom stereocenters. The summed E-state index contributed by atoms with van der Waals surface area (Å²) in [6, 6.07) is 11.0. The van der Waals surface area contributed by atoms with E-state index in [0.29, 0.717) is 12.6 Å². The Morgan fingerprint density at radius 1 is 1.13 bits per heavy atom. The summed E-state index contributed by atoms with van der Waals surface area (Å²) in [7, 11) is 0. The van der Waals surface area contributed by atoms with E-state index in [9.17, 15) is 5.11 Å². The third kappa shape index (κ3) is 5.91. The smallest absolute Gasteiger partial charge is 0.0900 e. The molecule has 0 radical (unpaired) electrons. The summed E-state index contributed by atoms with van der Waals surface area (Å²) >= 11 is 0. The standard InChI is InChI=1S/C20H33NO2/c1-3-20(17-11-7-5-8-12-17)23-16-19(22)15-21(4-2)18-13-9-6-10-14-18/h5,7-8,11-12,18-20,22H,3-4,6,9-10,13-16H2,1-2H3. The molecule has 1 aromatic carbocycles. The van der Waals surface area contributed by atoms with E-state index in [1.54, 1.807) is 0 Å². The molecule has 0 amide bonds. The molecule has 3 heteroatoms. The van der Waals surface area contributed by atoms with Crippen molar-refractivity contribution in [3.8, 4) is 0 Å². The maximum absolute atomic E-state index is 10.4. The van der Waals surface area contributed by atoms with Crippen LogP contribution in [0.1, 0.15) is 64.0 Å². The van der Waals surface area contributed by atoms with Gasteiger partial charge in [-0.15, -0.1) is 0 Å². The molecule has 0 saturated heterocycles. The van der Waals surface area contributed by atoms with Crippen molar-refractivity contribution in [1.29, 1.82) is 0 Å². The van der Waals surface area contributed by atoms with Gasteiger partial charge < -0.3 is 9.84 Å². The Labute approximate surface area is 141 Å². The van der Waals surface area contributed by atoms with Gasteiger partial charge in [0.15, 0.2) is 0 Å². The summed E-state index contributed by atoms with van der Waals surface area (Å²) in [5.74, 6) is 0. The SMILES string of the molecule is CCC(OCC(O)CN(CC)C1CCCCC1)c1ccccc1. The average Bonchev–Trinajstić information content (AvgIpc) is 2.62. The zero-order valence-corrected chi connectivity index (χ0v) is 14.8. The van der Waals surface area contributed by atoms with Crippen molar-refractivity contribution in [1.82, 2.24) is 4.90 Å². The maximum atomic E-state index is 10.4. The van der Waals surface area contributed by atoms with Gasteiger partial charge in [0.05, 0.1) is 18.8 Å². The van der Waals surface area contributed by atoms with Crippen molar-refractivity contribution in [2.75, 3.05) is 19.7 Å². The van der Waals surface area contributed by atoms with Crippen LogP contribution in [0.3, 0.4) is 0 Å². The van der Waals surface area contributed by atoms with Crippen LogP contribution in [-0.2, 0) is 4.74 Å². The number of nitrogens with zero attached hydrogens (tertiary/aromatic N) is 1. The predicted molar refractivity (Wildman–Crippen MR) is 95.6 cm³/mol. The fraction of sp³-hybridized carbons (Fsp3) is 0.700. The van der Waals surface area contributed by atoms with Crippen molar-refractivity contribution in [2.24, 2.45) is 0 Å². The second-order valence-electron chi connectivity index (χ2n) is 6.67. The molecule has 1 N–H and O–H groups in total. The van der Waals surface area contributed by atoms with Crippen LogP contribution < -0.4 is 0 Å². The van der Waals surface area contributed by atoms with Crippen LogP contribution in [0.15, 0.2) is 30.3 Å². The first-order valence-corrected chi connectivity index (χ1v) is 9.33. The summed E-state index contributed by atoms with van der Waals surface area (Å²) in [5.41, 5.74) is 1.20. The van der Waals surface area contributed by atoms with E-state index < -0.39 is 6.10 Å². The van der Waals surface area contributed by atoms with Crippen LogP contribution in [0.4, 0.5) is 0 Å². The summed E-state index contributed by atoms with van der Waals surface area (Å²) in [6.45, 7) is 6.48. The van der Waals surface area contributed by atoms with Gasteiger partial charge >= 0.3 is 0 Å². The number of rotatable bonds is 9. The molecule has 23 heavy (non-hydrogen) atoms. The highest BCUT2D eigenvalue weighted by atomic mass is 16.5. The molecule has 1 fully saturated rings. The lowest BCUT2D eigenvalue weighted by Crippen LogP contribution is -2.42. The Morgan fingerprint density at radius 3 is 2.43 bits per heavy atom. The first kappa shape index (κ1) is 18.4. The van der Waals surface area contributed by atoms with Gasteiger partial charge in [-0.2, -0.15) is 0 Å². The first-order chi connectivity index (χ1) is 11.2. The van der Waals surface area contributed by atoms with E-state index in [0.717, 1.165) is 19.5 Å². The number of likely N-dealkylation sites (N-methyl/N-ethyl adjacent to an activating group) is 1. The lowest BCUT2D eigenvalue weighted by Gasteiger charge is -2.35. The number of aliphatic hydroxyl groups is 1. The second-order valence-corrected chi connectivity index (χ2v) is 6.67. The number of aliphatic hydroxyl groups excluding tert-OH is 1. The minimum Gasteiger partial charge on any atom is -0.389 e. The molecular weight excluding hydrogens is 286 g/mol. The molecule has 1 aromatic rings. The Hall–Kier alpha value is -0.900. The highest BCUT2D eigenvalue weighted by molar-refractivity contribution is 5.17. The van der Waals surface area contributed by atoms with E-state index in [4.69, 9.17) is 4.74 Å². The van der Waals surface area contributed by atoms with Gasteiger partial charge in [-0.3, -0.25) is 4.90 Å². The Morgan fingerprint density at radius 2 is 1.83 bits per heavy atom. The molecule has 1 aliphatic carbocycles. The van der Waals surface area contributed by atoms with Crippen LogP contribution in [0, 0.1) is 0 Å². The van der Waals surface area contributed by atoms with E-state index >= 15 is 0 Å². The Bertz CT molecular complexity index is 417. The normalized spacial score (nSPS) is 19.0. The highest BCUT2D eigenvalue weighted by Gasteiger charge is 2.22. The van der Waals surface area contributed by atoms with Gasteiger partial charge in [-0.1, -0.05) is 63.4 Å². The van der Waals surface area contributed by atoms with Gasteiger partial charge in [0.25, 0.3) is 0 Å². The van der Waals surface area contributed by atoms with E-state index in [1.807, 2.05) is 18.2 Å². The Balaban J connectivity index is 1.79. The highest BCUT2D eigenvalue weighted by Crippen LogP contribution is 2.23. The fourth-order valence-electron chi connectivity index (χ4n) is 3.65. The quantitative estimate of drug-likeness (QED) is 0.741. The van der Waals surface area contributed by atoms with Crippen LogP contribution in [0.5, 0.6) is 0 Å². The van der Waals surface area contributed by atoms with Gasteiger partial charge in [0.2, 0.25) is 0 Å². The molecule has 0 bridgehead atoms. The van der Waals surface area contributed by atoms with Crippen molar-refractivity contribution in [2.45, 2.75) is 70.6 Å². The number of hydrogen-bond acceptors (Lipinski definition) is 3. The second kappa shape index (κ2) is 10.1. The van der Waals surface area contributed by atoms with Crippen LogP contribution >= 0.6 is 0 Å². The van der Waals surface area contributed by atoms with Crippen molar-refractivity contribution in [3.63, 3.8) is 0 Å². The van der Waals surface area contributed by atoms with E-state index in [-0.39, 0.29) is 6.10 Å². The molecule has 1 aliphatic rings. The zero-order chi connectivity index (χ0) is 16.5. The molecule has 130 valence electrons. The van der Waals surface area contributed by atoms with Crippen molar-refractivity contribution < 1.29 is 9.84 Å². The van der Waals surface area contributed by atoms with Gasteiger partial charge in [0.1, 0.15) is 0 Å². The number of hydrogen-bond donors (Lipinski definition) is 1. The maximum Gasteiger partial charge on any atom is 0.0900 e. The summed E-state index contributed by atoms with van der Waals surface area (Å²) in [4.78, 5) is 2.44. The van der Waals surface area contributed by atoms with Crippen LogP contribution in [-0.4, -0.2) is 41.8 Å². The minimum atomic E-state index is -0.408. The average molecular weight is 319 g/mol. The van der Waals surface area contributed by atoms with Crippen LogP contribution in [0.2, 0.25) is 0 Å². The lowest BCUT2D eigenvalue weighted by atomic mass is 9.94. The molecule has 2 unspecified atom stereocenters. The molecule has 0 heterocycles. The third-order valence-electron chi connectivity index (χ3n) is 4.97. The number of ether oxygens (including phenoxy) is 1. The minimum absolute atomic E-state index is 0.0793. The van der Waals surface area contributed by atoms with E-state index in [1.165, 1.54) is 37.7 Å². The topological polar surface area (TPSA) is 32.7 Å². The van der Waals surface area contributed by atoms with Crippen LogP contribution in [0.25, 0.3) is 0 Å². The monoisotopic (exact) mass is 319 g/mol. The molecular formula is C20H33NO2. The summed E-state index contributed by atoms with van der Waals surface area (Å²) in [5, 5.41) is 10.4. The number of benzene rings is 1. The Kier molecular flexibility index (Phi) is 8.07. The van der Waals surface area contributed by atoms with Crippen molar-refractivity contribution >= 4 is 0 Å². The molecule has 2 rings (SSSR count). The molecule has 0 spiro atoms. The zero-order valence-electron chi connectivity index (χ0n) is 14.8. The molecule has 0 aromatic heterocycles. The summed E-state index contributed by atoms with van der Waals surface area (Å²) in [6.07, 6.45) is 7.20. The third-order valence-corrected chi connectivity index (χ3v) is 4.97. The largest absolute Gasteiger partial charge is 0.389 e. The molecule has 3 nitrogen and oxygen atoms in total. The summed E-state index contributed by atoms with van der Waals surface area (Å²) < 4.78 is 6.00. The lowest BCUT2D eigenvalue weighted by molar-refractivity contribution is -0.0294. The molecule has 0 aliphatic heterocycles. The van der Waals surface area contributed by atoms with Gasteiger partial charge in [0, 0.05) is 12.6 Å². The fourth-order valence-corrected chi connectivity index (χ4v) is 3.65. The predicted octanol–water partition coefficient (Wildman–Crippen LogP) is 4.17. The van der Waals surface area contributed by atoms with E-state index in [2.05, 4.69) is 30.9 Å². The van der Waals surface area contributed by atoms with Crippen molar-refractivity contribution in [3.05, 3.63) is 35.9 Å². The van der Waals surface area contributed by atoms with Gasteiger partial charge in [-0.25, -0.2) is 0 Å². The van der Waals surface area contributed by atoms with Gasteiger partial charge in [-0.05, 0) is 31.4 Å².